The smallest absolute Gasteiger partial charge is 0.188 e. The van der Waals surface area contributed by atoms with E-state index in [1.165, 1.54) is 12.8 Å². The summed E-state index contributed by atoms with van der Waals surface area (Å²) in [5.41, 5.74) is 1.10. The van der Waals surface area contributed by atoms with Gasteiger partial charge in [0.1, 0.15) is 11.9 Å². The van der Waals surface area contributed by atoms with Crippen molar-refractivity contribution in [2.75, 3.05) is 19.6 Å². The van der Waals surface area contributed by atoms with Gasteiger partial charge in [0, 0.05) is 18.9 Å². The standard InChI is InChI=1S/C15H20N2O2/c18-13-5-1-3-11(7-13)8-14-10-17-15(19-14)12-4-2-6-16-9-12/h1,3,5,7,12,14,16,18H,2,4,6,8-10H2. The maximum absolute atomic E-state index is 9.47. The van der Waals surface area contributed by atoms with Crippen LogP contribution in [0, 0.1) is 5.92 Å². The molecule has 4 heteroatoms. The van der Waals surface area contributed by atoms with E-state index in [0.29, 0.717) is 11.7 Å². The molecule has 2 N–H and O–H groups in total. The van der Waals surface area contributed by atoms with E-state index in [0.717, 1.165) is 37.5 Å². The molecule has 1 aromatic rings. The molecule has 2 atom stereocenters. The first-order chi connectivity index (χ1) is 9.31. The second kappa shape index (κ2) is 5.61. The van der Waals surface area contributed by atoms with Gasteiger partial charge >= 0.3 is 0 Å². The quantitative estimate of drug-likeness (QED) is 0.870. The maximum atomic E-state index is 9.47. The number of hydrogen-bond donors (Lipinski definition) is 2. The number of nitrogens with zero attached hydrogens (tertiary/aromatic N) is 1. The van der Waals surface area contributed by atoms with Crippen molar-refractivity contribution in [3.8, 4) is 5.75 Å². The van der Waals surface area contributed by atoms with Gasteiger partial charge in [-0.25, -0.2) is 0 Å². The van der Waals surface area contributed by atoms with Gasteiger partial charge in [-0.15, -0.1) is 0 Å². The minimum absolute atomic E-state index is 0.124. The minimum Gasteiger partial charge on any atom is -0.508 e. The average molecular weight is 260 g/mol. The molecule has 0 bridgehead atoms. The largest absolute Gasteiger partial charge is 0.508 e. The van der Waals surface area contributed by atoms with Gasteiger partial charge in [0.25, 0.3) is 0 Å². The fraction of sp³-hybridized carbons (Fsp3) is 0.533. The second-order valence-corrected chi connectivity index (χ2v) is 5.34. The van der Waals surface area contributed by atoms with Crippen LogP contribution in [0.15, 0.2) is 29.3 Å². The molecule has 0 aromatic heterocycles. The summed E-state index contributed by atoms with van der Waals surface area (Å²) in [4.78, 5) is 4.55. The van der Waals surface area contributed by atoms with Crippen LogP contribution in [0.5, 0.6) is 5.75 Å². The van der Waals surface area contributed by atoms with Gasteiger partial charge in [-0.1, -0.05) is 12.1 Å². The van der Waals surface area contributed by atoms with Crippen molar-refractivity contribution in [3.63, 3.8) is 0 Å². The Kier molecular flexibility index (Phi) is 3.69. The summed E-state index contributed by atoms with van der Waals surface area (Å²) in [5, 5.41) is 12.9. The Morgan fingerprint density at radius 3 is 3.16 bits per heavy atom. The Hall–Kier alpha value is -1.55. The Balaban J connectivity index is 1.55. The van der Waals surface area contributed by atoms with Crippen LogP contribution in [0.25, 0.3) is 0 Å². The zero-order valence-corrected chi connectivity index (χ0v) is 11.0. The number of nitrogens with one attached hydrogen (secondary N) is 1. The van der Waals surface area contributed by atoms with E-state index in [9.17, 15) is 5.11 Å². The van der Waals surface area contributed by atoms with E-state index in [2.05, 4.69) is 10.3 Å². The van der Waals surface area contributed by atoms with Crippen LogP contribution < -0.4 is 5.32 Å². The lowest BCUT2D eigenvalue weighted by Crippen LogP contribution is -2.35. The molecule has 0 saturated carbocycles. The summed E-state index contributed by atoms with van der Waals surface area (Å²) in [6.45, 7) is 2.83. The van der Waals surface area contributed by atoms with E-state index in [1.54, 1.807) is 12.1 Å². The van der Waals surface area contributed by atoms with Crippen molar-refractivity contribution in [2.45, 2.75) is 25.4 Å². The Labute approximate surface area is 113 Å². The first kappa shape index (κ1) is 12.5. The van der Waals surface area contributed by atoms with Crippen molar-refractivity contribution < 1.29 is 9.84 Å². The van der Waals surface area contributed by atoms with Gasteiger partial charge in [-0.3, -0.25) is 4.99 Å². The molecule has 4 nitrogen and oxygen atoms in total. The number of piperidine rings is 1. The van der Waals surface area contributed by atoms with E-state index in [-0.39, 0.29) is 6.10 Å². The molecular weight excluding hydrogens is 240 g/mol. The van der Waals surface area contributed by atoms with E-state index < -0.39 is 0 Å². The second-order valence-electron chi connectivity index (χ2n) is 5.34. The normalized spacial score (nSPS) is 26.8. The predicted molar refractivity (Wildman–Crippen MR) is 74.6 cm³/mol. The number of rotatable bonds is 3. The van der Waals surface area contributed by atoms with Crippen LogP contribution in [0.1, 0.15) is 18.4 Å². The first-order valence-corrected chi connectivity index (χ1v) is 7.01. The fourth-order valence-electron chi connectivity index (χ4n) is 2.78. The monoisotopic (exact) mass is 260 g/mol. The molecule has 2 unspecified atom stereocenters. The SMILES string of the molecule is Oc1cccc(CC2CN=C(C3CCCNC3)O2)c1. The highest BCUT2D eigenvalue weighted by molar-refractivity contribution is 5.80. The molecule has 2 heterocycles. The molecule has 0 aliphatic carbocycles. The van der Waals surface area contributed by atoms with Crippen LogP contribution in [-0.2, 0) is 11.2 Å². The number of phenolic OH excluding ortho intramolecular Hbond substituents is 1. The van der Waals surface area contributed by atoms with E-state index >= 15 is 0 Å². The average Bonchev–Trinajstić information content (AvgIpc) is 2.88. The molecule has 0 spiro atoms. The lowest BCUT2D eigenvalue weighted by molar-refractivity contribution is 0.205. The number of hydrogen-bond acceptors (Lipinski definition) is 4. The topological polar surface area (TPSA) is 53.9 Å². The van der Waals surface area contributed by atoms with Crippen molar-refractivity contribution in [2.24, 2.45) is 10.9 Å². The zero-order valence-electron chi connectivity index (χ0n) is 11.0. The molecule has 3 rings (SSSR count). The highest BCUT2D eigenvalue weighted by Gasteiger charge is 2.27. The van der Waals surface area contributed by atoms with Crippen LogP contribution in [0.3, 0.4) is 0 Å². The maximum Gasteiger partial charge on any atom is 0.188 e. The van der Waals surface area contributed by atoms with Crippen molar-refractivity contribution in [3.05, 3.63) is 29.8 Å². The molecule has 0 radical (unpaired) electrons. The molecule has 2 aliphatic rings. The summed E-state index contributed by atoms with van der Waals surface area (Å²) >= 11 is 0. The number of aliphatic imine (C=N–C) groups is 1. The lowest BCUT2D eigenvalue weighted by Gasteiger charge is -2.23. The number of aromatic hydroxyl groups is 1. The molecule has 0 amide bonds. The van der Waals surface area contributed by atoms with Crippen LogP contribution in [-0.4, -0.2) is 36.7 Å². The van der Waals surface area contributed by atoms with Gasteiger partial charge in [0.15, 0.2) is 5.90 Å². The predicted octanol–water partition coefficient (Wildman–Crippen LogP) is 1.73. The number of phenols is 1. The fourth-order valence-corrected chi connectivity index (χ4v) is 2.78. The summed E-state index contributed by atoms with van der Waals surface area (Å²) < 4.78 is 5.97. The molecule has 1 fully saturated rings. The summed E-state index contributed by atoms with van der Waals surface area (Å²) in [6.07, 6.45) is 3.30. The number of ether oxygens (including phenoxy) is 1. The van der Waals surface area contributed by atoms with Crippen LogP contribution >= 0.6 is 0 Å². The molecule has 2 aliphatic heterocycles. The Morgan fingerprint density at radius 1 is 1.42 bits per heavy atom. The van der Waals surface area contributed by atoms with Gasteiger partial charge in [0.2, 0.25) is 0 Å². The van der Waals surface area contributed by atoms with Crippen molar-refractivity contribution >= 4 is 5.90 Å². The molecule has 1 saturated heterocycles. The number of benzene rings is 1. The van der Waals surface area contributed by atoms with E-state index in [1.807, 2.05) is 12.1 Å². The van der Waals surface area contributed by atoms with Crippen molar-refractivity contribution in [1.29, 1.82) is 0 Å². The minimum atomic E-state index is 0.124. The molecular formula is C15H20N2O2. The highest BCUT2D eigenvalue weighted by atomic mass is 16.5. The summed E-state index contributed by atoms with van der Waals surface area (Å²) in [6, 6.07) is 7.37. The molecule has 102 valence electrons. The highest BCUT2D eigenvalue weighted by Crippen LogP contribution is 2.21. The molecule has 1 aromatic carbocycles. The van der Waals surface area contributed by atoms with Gasteiger partial charge in [0.05, 0.1) is 6.54 Å². The molecule has 19 heavy (non-hydrogen) atoms. The Bertz CT molecular complexity index is 467. The van der Waals surface area contributed by atoms with Gasteiger partial charge in [-0.2, -0.15) is 0 Å². The summed E-state index contributed by atoms with van der Waals surface area (Å²) in [7, 11) is 0. The van der Waals surface area contributed by atoms with Crippen LogP contribution in [0.4, 0.5) is 0 Å². The van der Waals surface area contributed by atoms with Crippen molar-refractivity contribution in [1.82, 2.24) is 5.32 Å². The Morgan fingerprint density at radius 2 is 2.37 bits per heavy atom. The third-order valence-corrected chi connectivity index (χ3v) is 3.76. The first-order valence-electron chi connectivity index (χ1n) is 7.01. The van der Waals surface area contributed by atoms with E-state index in [4.69, 9.17) is 4.74 Å². The van der Waals surface area contributed by atoms with Crippen LogP contribution in [0.2, 0.25) is 0 Å². The lowest BCUT2D eigenvalue weighted by atomic mass is 10.00. The third-order valence-electron chi connectivity index (χ3n) is 3.76. The summed E-state index contributed by atoms with van der Waals surface area (Å²) in [5.74, 6) is 1.69. The third kappa shape index (κ3) is 3.07. The zero-order chi connectivity index (χ0) is 13.1. The van der Waals surface area contributed by atoms with Gasteiger partial charge in [-0.05, 0) is 37.1 Å². The van der Waals surface area contributed by atoms with Gasteiger partial charge < -0.3 is 15.2 Å².